The van der Waals surface area contributed by atoms with E-state index in [0.29, 0.717) is 6.54 Å². The van der Waals surface area contributed by atoms with Crippen LogP contribution in [0.5, 0.6) is 0 Å². The van der Waals surface area contributed by atoms with Crippen LogP contribution in [-0.2, 0) is 19.1 Å². The molecule has 2 aromatic rings. The fourth-order valence-electron chi connectivity index (χ4n) is 4.37. The number of halogens is 3. The number of allylic oxidation sites excluding steroid dienone is 1. The molecule has 0 saturated carbocycles. The average Bonchev–Trinajstić information content (AvgIpc) is 3.38. The number of benzene rings is 2. The fraction of sp³-hybridized carbons (Fsp3) is 0.370. The van der Waals surface area contributed by atoms with E-state index in [1.165, 1.54) is 12.1 Å². The quantitative estimate of drug-likeness (QED) is 0.186. The van der Waals surface area contributed by atoms with E-state index in [4.69, 9.17) is 33.7 Å². The topological polar surface area (TPSA) is 92.9 Å². The lowest BCUT2D eigenvalue weighted by atomic mass is 9.90. The summed E-state index contributed by atoms with van der Waals surface area (Å²) in [6, 6.07) is 12.3. The summed E-state index contributed by atoms with van der Waals surface area (Å²) in [4.78, 5) is 43.1. The van der Waals surface area contributed by atoms with Crippen molar-refractivity contribution in [2.45, 2.75) is 31.7 Å². The standard InChI is InChI=1S/C27H31Cl2N3O4.ClH/c1-3-36-25(34)12-11-24(33)26(19-15-20(28)21(29)16-22(19)30)27(35)31(2)23(17-32-13-7-8-14-32)18-9-5-4-6-10-18;/h4-6,9-12,15-16,23,26H,3,7-8,13-14,17,30H2,1-2H3;1H/b12-11+;/t23-,26?;/m1./s1. The first kappa shape index (κ1) is 30.6. The molecule has 0 spiro atoms. The molecule has 2 N–H and O–H groups in total. The Balaban J connectivity index is 0.00000481. The number of nitrogens with two attached hydrogens (primary N) is 1. The van der Waals surface area contributed by atoms with Gasteiger partial charge in [-0.2, -0.15) is 0 Å². The Bertz CT molecular complexity index is 1120. The van der Waals surface area contributed by atoms with Gasteiger partial charge in [0.15, 0.2) is 5.78 Å². The zero-order valence-corrected chi connectivity index (χ0v) is 23.2. The second-order valence-electron chi connectivity index (χ2n) is 8.70. The van der Waals surface area contributed by atoms with Gasteiger partial charge in [0.25, 0.3) is 0 Å². The molecular formula is C27H32Cl3N3O4. The molecule has 1 amide bonds. The number of ether oxygens (including phenoxy) is 1. The number of esters is 1. The number of hydrogen-bond acceptors (Lipinski definition) is 6. The molecule has 0 radical (unpaired) electrons. The maximum absolute atomic E-state index is 14.0. The Morgan fingerprint density at radius 1 is 1.08 bits per heavy atom. The lowest BCUT2D eigenvalue weighted by molar-refractivity contribution is -0.139. The van der Waals surface area contributed by atoms with E-state index in [2.05, 4.69) is 4.90 Å². The van der Waals surface area contributed by atoms with Crippen molar-refractivity contribution >= 4 is 59.0 Å². The number of amides is 1. The van der Waals surface area contributed by atoms with E-state index >= 15 is 0 Å². The molecule has 7 nitrogen and oxygen atoms in total. The van der Waals surface area contributed by atoms with Gasteiger partial charge in [0.1, 0.15) is 5.92 Å². The highest BCUT2D eigenvalue weighted by molar-refractivity contribution is 6.42. The number of hydrogen-bond donors (Lipinski definition) is 1. The van der Waals surface area contributed by atoms with Gasteiger partial charge in [-0.05, 0) is 62.2 Å². The van der Waals surface area contributed by atoms with Gasteiger partial charge in [-0.3, -0.25) is 9.59 Å². The first-order chi connectivity index (χ1) is 17.2. The van der Waals surface area contributed by atoms with E-state index in [-0.39, 0.29) is 46.4 Å². The van der Waals surface area contributed by atoms with Crippen LogP contribution in [0.4, 0.5) is 5.69 Å². The number of rotatable bonds is 10. The van der Waals surface area contributed by atoms with Crippen molar-refractivity contribution in [2.24, 2.45) is 0 Å². The van der Waals surface area contributed by atoms with Gasteiger partial charge >= 0.3 is 5.97 Å². The van der Waals surface area contributed by atoms with Gasteiger partial charge in [-0.1, -0.05) is 53.5 Å². The lowest BCUT2D eigenvalue weighted by Gasteiger charge is -2.34. The molecular weight excluding hydrogens is 537 g/mol. The molecule has 1 saturated heterocycles. The number of anilines is 1. The predicted octanol–water partition coefficient (Wildman–Crippen LogP) is 5.06. The molecule has 0 aromatic heterocycles. The average molecular weight is 569 g/mol. The van der Waals surface area contributed by atoms with E-state index in [1.807, 2.05) is 30.3 Å². The first-order valence-electron chi connectivity index (χ1n) is 11.9. The zero-order chi connectivity index (χ0) is 26.2. The van der Waals surface area contributed by atoms with E-state index < -0.39 is 23.6 Å². The van der Waals surface area contributed by atoms with Gasteiger partial charge in [0.2, 0.25) is 5.91 Å². The number of nitrogens with zero attached hydrogens (tertiary/aromatic N) is 2. The molecule has 1 heterocycles. The number of carbonyl (C=O) groups excluding carboxylic acids is 3. The molecule has 10 heteroatoms. The lowest BCUT2D eigenvalue weighted by Crippen LogP contribution is -2.42. The van der Waals surface area contributed by atoms with Crippen molar-refractivity contribution in [2.75, 3.05) is 39.0 Å². The van der Waals surface area contributed by atoms with Crippen LogP contribution < -0.4 is 5.73 Å². The first-order valence-corrected chi connectivity index (χ1v) is 12.7. The molecule has 1 fully saturated rings. The molecule has 1 unspecified atom stereocenters. The second-order valence-corrected chi connectivity index (χ2v) is 9.51. The van der Waals surface area contributed by atoms with Crippen molar-refractivity contribution in [1.82, 2.24) is 9.80 Å². The van der Waals surface area contributed by atoms with Crippen LogP contribution in [0.15, 0.2) is 54.6 Å². The third kappa shape index (κ3) is 7.95. The van der Waals surface area contributed by atoms with E-state index in [0.717, 1.165) is 43.6 Å². The summed E-state index contributed by atoms with van der Waals surface area (Å²) < 4.78 is 4.87. The Labute approximate surface area is 233 Å². The van der Waals surface area contributed by atoms with Gasteiger partial charge in [0, 0.05) is 25.4 Å². The Hall–Kier alpha value is -2.58. The van der Waals surface area contributed by atoms with Gasteiger partial charge in [0.05, 0.1) is 22.7 Å². The molecule has 0 bridgehead atoms. The minimum Gasteiger partial charge on any atom is -0.463 e. The van der Waals surface area contributed by atoms with Crippen molar-refractivity contribution in [3.8, 4) is 0 Å². The monoisotopic (exact) mass is 567 g/mol. The molecule has 200 valence electrons. The molecule has 1 aliphatic heterocycles. The molecule has 2 aromatic carbocycles. The number of likely N-dealkylation sites (tertiary alicyclic amines) is 1. The molecule has 37 heavy (non-hydrogen) atoms. The molecule has 1 aliphatic rings. The maximum atomic E-state index is 14.0. The molecule has 2 atom stereocenters. The summed E-state index contributed by atoms with van der Waals surface area (Å²) >= 11 is 12.3. The minimum absolute atomic E-state index is 0. The van der Waals surface area contributed by atoms with Crippen molar-refractivity contribution in [3.05, 3.63) is 75.8 Å². The molecule has 0 aliphatic carbocycles. The summed E-state index contributed by atoms with van der Waals surface area (Å²) in [7, 11) is 1.68. The van der Waals surface area contributed by atoms with Crippen LogP contribution >= 0.6 is 35.6 Å². The minimum atomic E-state index is -1.32. The second kappa shape index (κ2) is 14.4. The smallest absolute Gasteiger partial charge is 0.330 e. The third-order valence-electron chi connectivity index (χ3n) is 6.27. The van der Waals surface area contributed by atoms with Crippen molar-refractivity contribution in [3.63, 3.8) is 0 Å². The highest BCUT2D eigenvalue weighted by atomic mass is 35.5. The normalized spacial score (nSPS) is 15.1. The Kier molecular flexibility index (Phi) is 11.9. The summed E-state index contributed by atoms with van der Waals surface area (Å²) in [6.45, 7) is 4.36. The van der Waals surface area contributed by atoms with E-state index in [9.17, 15) is 14.4 Å². The number of likely N-dealkylation sites (N-methyl/N-ethyl adjacent to an activating group) is 1. The van der Waals surface area contributed by atoms with Gasteiger partial charge in [-0.15, -0.1) is 12.4 Å². The van der Waals surface area contributed by atoms with Gasteiger partial charge in [-0.25, -0.2) is 4.79 Å². The highest BCUT2D eigenvalue weighted by Gasteiger charge is 2.35. The SMILES string of the molecule is CCOC(=O)/C=C/C(=O)C(C(=O)N(C)[C@H](CN1CCCC1)c1ccccc1)c1cc(Cl)c(Cl)cc1N.Cl. The molecule has 3 rings (SSSR count). The van der Waals surface area contributed by atoms with Crippen LogP contribution in [0, 0.1) is 0 Å². The van der Waals surface area contributed by atoms with Gasteiger partial charge < -0.3 is 20.3 Å². The van der Waals surface area contributed by atoms with Crippen LogP contribution in [0.25, 0.3) is 0 Å². The number of ketones is 1. The van der Waals surface area contributed by atoms with Crippen molar-refractivity contribution in [1.29, 1.82) is 0 Å². The van der Waals surface area contributed by atoms with Crippen LogP contribution in [0.1, 0.15) is 42.9 Å². The predicted molar refractivity (Wildman–Crippen MR) is 149 cm³/mol. The van der Waals surface area contributed by atoms with Crippen molar-refractivity contribution < 1.29 is 19.1 Å². The highest BCUT2D eigenvalue weighted by Crippen LogP contribution is 2.35. The summed E-state index contributed by atoms with van der Waals surface area (Å²) in [5, 5.41) is 0.378. The summed E-state index contributed by atoms with van der Waals surface area (Å²) in [6.07, 6.45) is 4.28. The fourth-order valence-corrected chi connectivity index (χ4v) is 4.71. The number of carbonyl (C=O) groups is 3. The van der Waals surface area contributed by atoms with Crippen LogP contribution in [-0.4, -0.2) is 60.7 Å². The zero-order valence-electron chi connectivity index (χ0n) is 20.9. The maximum Gasteiger partial charge on any atom is 0.330 e. The Morgan fingerprint density at radius 2 is 1.70 bits per heavy atom. The summed E-state index contributed by atoms with van der Waals surface area (Å²) in [5.74, 6) is -3.08. The Morgan fingerprint density at radius 3 is 2.32 bits per heavy atom. The van der Waals surface area contributed by atoms with Crippen LogP contribution in [0.2, 0.25) is 10.0 Å². The number of nitrogen functional groups attached to an aromatic ring is 1. The third-order valence-corrected chi connectivity index (χ3v) is 6.99. The van der Waals surface area contributed by atoms with Crippen LogP contribution in [0.3, 0.4) is 0 Å². The largest absolute Gasteiger partial charge is 0.463 e. The summed E-state index contributed by atoms with van der Waals surface area (Å²) in [5.41, 5.74) is 7.54. The van der Waals surface area contributed by atoms with E-state index in [1.54, 1.807) is 18.9 Å².